The summed E-state index contributed by atoms with van der Waals surface area (Å²) in [6, 6.07) is 16.8. The van der Waals surface area contributed by atoms with Gasteiger partial charge in [-0.25, -0.2) is 4.98 Å². The zero-order chi connectivity index (χ0) is 16.8. The molecule has 3 rings (SSSR count). The van der Waals surface area contributed by atoms with Crippen molar-refractivity contribution in [2.24, 2.45) is 7.05 Å². The van der Waals surface area contributed by atoms with Crippen molar-refractivity contribution >= 4 is 11.0 Å². The molecule has 1 aromatic carbocycles. The van der Waals surface area contributed by atoms with E-state index >= 15 is 0 Å². The number of aryl methyl sites for hydroxylation is 1. The van der Waals surface area contributed by atoms with E-state index in [1.54, 1.807) is 0 Å². The van der Waals surface area contributed by atoms with Gasteiger partial charge in [0.15, 0.2) is 0 Å². The van der Waals surface area contributed by atoms with E-state index in [2.05, 4.69) is 67.2 Å². The number of nitrogens with zero attached hydrogens (tertiary/aromatic N) is 2. The Morgan fingerprint density at radius 3 is 2.71 bits per heavy atom. The lowest BCUT2D eigenvalue weighted by molar-refractivity contribution is 0.115. The van der Waals surface area contributed by atoms with Crippen LogP contribution in [0.25, 0.3) is 11.0 Å². The number of benzene rings is 1. The monoisotopic (exact) mass is 322 g/mol. The van der Waals surface area contributed by atoms with Crippen LogP contribution >= 0.6 is 0 Å². The van der Waals surface area contributed by atoms with Gasteiger partial charge in [-0.05, 0) is 43.0 Å². The highest BCUT2D eigenvalue weighted by Gasteiger charge is 2.12. The van der Waals surface area contributed by atoms with Gasteiger partial charge in [0.2, 0.25) is 0 Å². The largest absolute Gasteiger partial charge is 0.377 e. The lowest BCUT2D eigenvalue weighted by Crippen LogP contribution is -2.04. The van der Waals surface area contributed by atoms with Crippen molar-refractivity contribution in [1.82, 2.24) is 9.55 Å². The zero-order valence-electron chi connectivity index (χ0n) is 14.6. The Morgan fingerprint density at radius 2 is 1.92 bits per heavy atom. The predicted molar refractivity (Wildman–Crippen MR) is 99.1 cm³/mol. The van der Waals surface area contributed by atoms with E-state index in [-0.39, 0.29) is 0 Å². The number of aromatic nitrogens is 2. The summed E-state index contributed by atoms with van der Waals surface area (Å²) in [5.74, 6) is 0.504. The highest BCUT2D eigenvalue weighted by Crippen LogP contribution is 2.25. The third-order valence-electron chi connectivity index (χ3n) is 4.60. The van der Waals surface area contributed by atoms with Gasteiger partial charge in [-0.3, -0.25) is 0 Å². The standard InChI is InChI=1S/C21H26N2O/c1-3-18(10-7-15-24-16-17-8-5-4-6-9-17)20-12-11-19-13-14-23(2)21(19)22-20/h4-6,8-9,11-14,18H,3,7,10,15-16H2,1-2H3. The first-order valence-electron chi connectivity index (χ1n) is 8.81. The molecule has 0 radical (unpaired) electrons. The minimum atomic E-state index is 0.504. The Bertz CT molecular complexity index is 764. The Balaban J connectivity index is 1.51. The molecule has 0 aliphatic heterocycles. The molecule has 0 fully saturated rings. The molecule has 0 aliphatic carbocycles. The number of pyridine rings is 1. The van der Waals surface area contributed by atoms with Crippen LogP contribution in [0.1, 0.15) is 43.4 Å². The normalized spacial score (nSPS) is 12.6. The summed E-state index contributed by atoms with van der Waals surface area (Å²) < 4.78 is 7.89. The molecule has 3 aromatic rings. The van der Waals surface area contributed by atoms with E-state index in [4.69, 9.17) is 9.72 Å². The fraction of sp³-hybridized carbons (Fsp3) is 0.381. The number of ether oxygens (including phenoxy) is 1. The van der Waals surface area contributed by atoms with Crippen molar-refractivity contribution in [3.8, 4) is 0 Å². The zero-order valence-corrected chi connectivity index (χ0v) is 14.6. The fourth-order valence-electron chi connectivity index (χ4n) is 3.13. The molecule has 0 amide bonds. The van der Waals surface area contributed by atoms with Crippen LogP contribution in [0.15, 0.2) is 54.7 Å². The molecule has 2 aromatic heterocycles. The van der Waals surface area contributed by atoms with Crippen molar-refractivity contribution in [3.63, 3.8) is 0 Å². The first-order valence-corrected chi connectivity index (χ1v) is 8.81. The summed E-state index contributed by atoms with van der Waals surface area (Å²) in [7, 11) is 2.05. The van der Waals surface area contributed by atoms with E-state index in [0.29, 0.717) is 12.5 Å². The summed E-state index contributed by atoms with van der Waals surface area (Å²) in [6.45, 7) is 3.75. The highest BCUT2D eigenvalue weighted by molar-refractivity contribution is 5.76. The first-order chi connectivity index (χ1) is 11.8. The van der Waals surface area contributed by atoms with E-state index in [0.717, 1.165) is 31.5 Å². The van der Waals surface area contributed by atoms with Gasteiger partial charge in [0.25, 0.3) is 0 Å². The quantitative estimate of drug-likeness (QED) is 0.542. The fourth-order valence-corrected chi connectivity index (χ4v) is 3.13. The number of hydrogen-bond acceptors (Lipinski definition) is 2. The van der Waals surface area contributed by atoms with Crippen molar-refractivity contribution in [1.29, 1.82) is 0 Å². The number of rotatable bonds is 8. The number of hydrogen-bond donors (Lipinski definition) is 0. The van der Waals surface area contributed by atoms with Gasteiger partial charge in [0, 0.05) is 36.8 Å². The second kappa shape index (κ2) is 8.11. The Morgan fingerprint density at radius 1 is 1.08 bits per heavy atom. The van der Waals surface area contributed by atoms with Gasteiger partial charge >= 0.3 is 0 Å². The molecule has 0 aliphatic rings. The van der Waals surface area contributed by atoms with Crippen LogP contribution in [0.5, 0.6) is 0 Å². The van der Waals surface area contributed by atoms with Gasteiger partial charge in [0.05, 0.1) is 6.61 Å². The SMILES string of the molecule is CCC(CCCOCc1ccccc1)c1ccc2ccn(C)c2n1. The van der Waals surface area contributed by atoms with Crippen molar-refractivity contribution in [2.45, 2.75) is 38.7 Å². The van der Waals surface area contributed by atoms with E-state index in [1.165, 1.54) is 16.6 Å². The van der Waals surface area contributed by atoms with Gasteiger partial charge in [-0.15, -0.1) is 0 Å². The maximum Gasteiger partial charge on any atom is 0.139 e. The maximum atomic E-state index is 5.80. The average molecular weight is 322 g/mol. The van der Waals surface area contributed by atoms with Crippen LogP contribution < -0.4 is 0 Å². The lowest BCUT2D eigenvalue weighted by atomic mass is 9.96. The molecule has 0 saturated carbocycles. The molecular weight excluding hydrogens is 296 g/mol. The van der Waals surface area contributed by atoms with Crippen molar-refractivity contribution in [2.75, 3.05) is 6.61 Å². The smallest absolute Gasteiger partial charge is 0.139 e. The van der Waals surface area contributed by atoms with Crippen molar-refractivity contribution in [3.05, 3.63) is 66.0 Å². The van der Waals surface area contributed by atoms with Crippen LogP contribution in [0, 0.1) is 0 Å². The third-order valence-corrected chi connectivity index (χ3v) is 4.60. The maximum absolute atomic E-state index is 5.80. The molecule has 0 spiro atoms. The molecule has 0 bridgehead atoms. The Labute approximate surface area is 144 Å². The van der Waals surface area contributed by atoms with Crippen LogP contribution in [0.2, 0.25) is 0 Å². The Hall–Kier alpha value is -2.13. The van der Waals surface area contributed by atoms with Gasteiger partial charge < -0.3 is 9.30 Å². The minimum Gasteiger partial charge on any atom is -0.377 e. The first kappa shape index (κ1) is 16.7. The molecule has 1 unspecified atom stereocenters. The highest BCUT2D eigenvalue weighted by atomic mass is 16.5. The summed E-state index contributed by atoms with van der Waals surface area (Å²) in [4.78, 5) is 4.87. The Kier molecular flexibility index (Phi) is 5.65. The van der Waals surface area contributed by atoms with Crippen LogP contribution in [-0.4, -0.2) is 16.2 Å². The van der Waals surface area contributed by atoms with Crippen LogP contribution in [0.3, 0.4) is 0 Å². The molecule has 0 N–H and O–H groups in total. The molecule has 2 heterocycles. The van der Waals surface area contributed by atoms with Crippen molar-refractivity contribution < 1.29 is 4.74 Å². The summed E-state index contributed by atoms with van der Waals surface area (Å²) in [6.07, 6.45) is 5.37. The molecule has 1 atom stereocenters. The third kappa shape index (κ3) is 4.04. The van der Waals surface area contributed by atoms with E-state index < -0.39 is 0 Å². The van der Waals surface area contributed by atoms with E-state index in [1.807, 2.05) is 6.07 Å². The summed E-state index contributed by atoms with van der Waals surface area (Å²) in [5.41, 5.74) is 3.52. The van der Waals surface area contributed by atoms with E-state index in [9.17, 15) is 0 Å². The molecule has 24 heavy (non-hydrogen) atoms. The van der Waals surface area contributed by atoms with Crippen LogP contribution in [0.4, 0.5) is 0 Å². The molecule has 3 nitrogen and oxygen atoms in total. The minimum absolute atomic E-state index is 0.504. The molecule has 3 heteroatoms. The topological polar surface area (TPSA) is 27.1 Å². The second-order valence-corrected chi connectivity index (χ2v) is 6.36. The molecular formula is C21H26N2O. The average Bonchev–Trinajstić information content (AvgIpc) is 3.00. The molecule has 0 saturated heterocycles. The van der Waals surface area contributed by atoms with Gasteiger partial charge in [-0.2, -0.15) is 0 Å². The molecule has 126 valence electrons. The predicted octanol–water partition coefficient (Wildman–Crippen LogP) is 5.06. The number of fused-ring (bicyclic) bond motifs is 1. The van der Waals surface area contributed by atoms with Gasteiger partial charge in [-0.1, -0.05) is 37.3 Å². The second-order valence-electron chi connectivity index (χ2n) is 6.36. The van der Waals surface area contributed by atoms with Gasteiger partial charge in [0.1, 0.15) is 5.65 Å². The summed E-state index contributed by atoms with van der Waals surface area (Å²) >= 11 is 0. The summed E-state index contributed by atoms with van der Waals surface area (Å²) in [5, 5.41) is 1.21. The van der Waals surface area contributed by atoms with Crippen LogP contribution in [-0.2, 0) is 18.4 Å². The lowest BCUT2D eigenvalue weighted by Gasteiger charge is -2.15.